The number of carbonyl (C=O) groups is 2. The van der Waals surface area contributed by atoms with Crippen LogP contribution in [0.25, 0.3) is 0 Å². The van der Waals surface area contributed by atoms with Crippen molar-refractivity contribution in [2.24, 2.45) is 5.92 Å². The Hall–Kier alpha value is -2.94. The van der Waals surface area contributed by atoms with Crippen molar-refractivity contribution >= 4 is 35.0 Å². The second-order valence-corrected chi connectivity index (χ2v) is 8.49. The Balaban J connectivity index is 1.59. The van der Waals surface area contributed by atoms with Crippen molar-refractivity contribution in [1.29, 1.82) is 0 Å². The minimum absolute atomic E-state index is 0.0834. The highest BCUT2D eigenvalue weighted by Crippen LogP contribution is 2.26. The van der Waals surface area contributed by atoms with Crippen LogP contribution in [-0.4, -0.2) is 29.0 Å². The Morgan fingerprint density at radius 3 is 2.61 bits per heavy atom. The number of nitro groups is 1. The van der Waals surface area contributed by atoms with E-state index in [1.54, 1.807) is 24.3 Å². The molecule has 1 aliphatic carbocycles. The molecule has 0 unspecified atom stereocenters. The summed E-state index contributed by atoms with van der Waals surface area (Å²) in [7, 11) is 0. The molecule has 1 saturated carbocycles. The topological polar surface area (TPSA) is 101 Å². The maximum absolute atomic E-state index is 13.5. The Bertz CT molecular complexity index is 964. The lowest BCUT2D eigenvalue weighted by Crippen LogP contribution is -2.31. The number of benzene rings is 2. The first-order chi connectivity index (χ1) is 14.9. The van der Waals surface area contributed by atoms with Gasteiger partial charge in [-0.05, 0) is 43.0 Å². The van der Waals surface area contributed by atoms with Gasteiger partial charge in [-0.2, -0.15) is 4.39 Å². The van der Waals surface area contributed by atoms with Crippen molar-refractivity contribution in [3.63, 3.8) is 0 Å². The number of nitrogens with zero attached hydrogens (tertiary/aromatic N) is 1. The van der Waals surface area contributed by atoms with E-state index in [0.29, 0.717) is 22.9 Å². The first kappa shape index (κ1) is 22.7. The quantitative estimate of drug-likeness (QED) is 0.346. The Labute approximate surface area is 183 Å². The predicted octanol–water partition coefficient (Wildman–Crippen LogP) is 4.77. The van der Waals surface area contributed by atoms with E-state index >= 15 is 0 Å². The van der Waals surface area contributed by atoms with Gasteiger partial charge >= 0.3 is 5.69 Å². The molecule has 2 aromatic carbocycles. The van der Waals surface area contributed by atoms with Gasteiger partial charge in [0, 0.05) is 23.2 Å². The van der Waals surface area contributed by atoms with E-state index in [0.717, 1.165) is 25.0 Å². The Kier molecular flexibility index (Phi) is 8.00. The summed E-state index contributed by atoms with van der Waals surface area (Å²) < 4.78 is 13.5. The Morgan fingerprint density at radius 2 is 1.87 bits per heavy atom. The van der Waals surface area contributed by atoms with Gasteiger partial charge in [0.25, 0.3) is 5.91 Å². The lowest BCUT2D eigenvalue weighted by molar-refractivity contribution is -0.387. The fraction of sp³-hybridized carbons (Fsp3) is 0.364. The van der Waals surface area contributed by atoms with Crippen molar-refractivity contribution in [2.45, 2.75) is 37.0 Å². The molecule has 0 saturated heterocycles. The molecule has 1 fully saturated rings. The van der Waals surface area contributed by atoms with Crippen molar-refractivity contribution in [3.05, 3.63) is 64.0 Å². The van der Waals surface area contributed by atoms with Crippen LogP contribution in [0.1, 0.15) is 42.5 Å². The molecule has 2 aromatic rings. The van der Waals surface area contributed by atoms with Crippen LogP contribution in [0.15, 0.2) is 47.4 Å². The maximum atomic E-state index is 13.5. The molecule has 0 radical (unpaired) electrons. The van der Waals surface area contributed by atoms with Gasteiger partial charge in [-0.1, -0.05) is 31.4 Å². The molecule has 9 heteroatoms. The lowest BCUT2D eigenvalue weighted by atomic mass is 9.89. The second kappa shape index (κ2) is 10.9. The first-order valence-corrected chi connectivity index (χ1v) is 11.2. The molecule has 0 bridgehead atoms. The zero-order valence-electron chi connectivity index (χ0n) is 16.9. The fourth-order valence-corrected chi connectivity index (χ4v) is 4.43. The number of anilines is 1. The molecule has 0 heterocycles. The summed E-state index contributed by atoms with van der Waals surface area (Å²) in [6, 6.07) is 9.97. The molecule has 7 nitrogen and oxygen atoms in total. The highest BCUT2D eigenvalue weighted by Gasteiger charge is 2.18. The molecule has 164 valence electrons. The second-order valence-electron chi connectivity index (χ2n) is 7.47. The van der Waals surface area contributed by atoms with Gasteiger partial charge in [0.15, 0.2) is 0 Å². The molecule has 2 N–H and O–H groups in total. The SMILES string of the molecule is O=C(CSc1ccccc1C(=O)Nc1ccc(F)c([N+](=O)[O-])c1)NCC1CCCCC1. The number of thioether (sulfide) groups is 1. The molecule has 1 aliphatic rings. The molecule has 0 aliphatic heterocycles. The molecule has 0 spiro atoms. The molecule has 2 amide bonds. The number of rotatable bonds is 8. The fourth-order valence-electron chi connectivity index (χ4n) is 3.55. The zero-order chi connectivity index (χ0) is 22.2. The third-order valence-corrected chi connectivity index (χ3v) is 6.28. The standard InChI is InChI=1S/C22H24FN3O4S/c23-18-11-10-16(12-19(18)26(29)30)25-22(28)17-8-4-5-9-20(17)31-14-21(27)24-13-15-6-2-1-3-7-15/h4-5,8-12,15H,1-3,6-7,13-14H2,(H,24,27)(H,25,28). The summed E-state index contributed by atoms with van der Waals surface area (Å²) in [5.41, 5.74) is -0.266. The van der Waals surface area contributed by atoms with E-state index in [2.05, 4.69) is 10.6 Å². The highest BCUT2D eigenvalue weighted by molar-refractivity contribution is 8.00. The molecule has 0 atom stereocenters. The van der Waals surface area contributed by atoms with Crippen molar-refractivity contribution in [3.8, 4) is 0 Å². The summed E-state index contributed by atoms with van der Waals surface area (Å²) in [6.45, 7) is 0.685. The number of hydrogen-bond acceptors (Lipinski definition) is 5. The van der Waals surface area contributed by atoms with Crippen LogP contribution in [0.2, 0.25) is 0 Å². The van der Waals surface area contributed by atoms with Crippen LogP contribution >= 0.6 is 11.8 Å². The molecular formula is C22H24FN3O4S. The number of hydrogen-bond donors (Lipinski definition) is 2. The van der Waals surface area contributed by atoms with Crippen LogP contribution in [0.4, 0.5) is 15.8 Å². The molecular weight excluding hydrogens is 421 g/mol. The van der Waals surface area contributed by atoms with E-state index in [-0.39, 0.29) is 17.3 Å². The third-order valence-electron chi connectivity index (χ3n) is 5.20. The van der Waals surface area contributed by atoms with E-state index in [1.807, 2.05) is 0 Å². The number of halogens is 1. The minimum atomic E-state index is -0.974. The van der Waals surface area contributed by atoms with Crippen molar-refractivity contribution in [1.82, 2.24) is 5.32 Å². The summed E-state index contributed by atoms with van der Waals surface area (Å²) >= 11 is 1.25. The van der Waals surface area contributed by atoms with E-state index < -0.39 is 22.3 Å². The summed E-state index contributed by atoms with van der Waals surface area (Å²) in [4.78, 5) is 35.6. The van der Waals surface area contributed by atoms with E-state index in [1.165, 1.54) is 37.1 Å². The maximum Gasteiger partial charge on any atom is 0.306 e. The summed E-state index contributed by atoms with van der Waals surface area (Å²) in [6.07, 6.45) is 6.00. The van der Waals surface area contributed by atoms with Crippen LogP contribution < -0.4 is 10.6 Å². The Morgan fingerprint density at radius 1 is 1.13 bits per heavy atom. The van der Waals surface area contributed by atoms with Crippen LogP contribution in [-0.2, 0) is 4.79 Å². The third kappa shape index (κ3) is 6.52. The number of nitrogens with one attached hydrogen (secondary N) is 2. The van der Waals surface area contributed by atoms with Crippen LogP contribution in [0, 0.1) is 21.8 Å². The van der Waals surface area contributed by atoms with Crippen molar-refractivity contribution < 1.29 is 18.9 Å². The zero-order valence-corrected chi connectivity index (χ0v) is 17.8. The van der Waals surface area contributed by atoms with Gasteiger partial charge in [0.2, 0.25) is 11.7 Å². The molecule has 0 aromatic heterocycles. The number of carbonyl (C=O) groups excluding carboxylic acids is 2. The van der Waals surface area contributed by atoms with E-state index in [9.17, 15) is 24.1 Å². The number of amides is 2. The summed E-state index contributed by atoms with van der Waals surface area (Å²) in [5, 5.41) is 16.4. The van der Waals surface area contributed by atoms with Crippen LogP contribution in [0.3, 0.4) is 0 Å². The highest BCUT2D eigenvalue weighted by atomic mass is 32.2. The normalized spacial score (nSPS) is 14.1. The van der Waals surface area contributed by atoms with Gasteiger partial charge in [-0.15, -0.1) is 11.8 Å². The molecule has 31 heavy (non-hydrogen) atoms. The molecule has 3 rings (SSSR count). The minimum Gasteiger partial charge on any atom is -0.355 e. The van der Waals surface area contributed by atoms with Gasteiger partial charge in [-0.25, -0.2) is 0 Å². The van der Waals surface area contributed by atoms with Gasteiger partial charge in [0.05, 0.1) is 16.2 Å². The lowest BCUT2D eigenvalue weighted by Gasteiger charge is -2.21. The van der Waals surface area contributed by atoms with Gasteiger partial charge in [0.1, 0.15) is 0 Å². The first-order valence-electron chi connectivity index (χ1n) is 10.2. The van der Waals surface area contributed by atoms with Gasteiger partial charge in [-0.3, -0.25) is 19.7 Å². The number of nitro benzene ring substituents is 1. The van der Waals surface area contributed by atoms with Crippen molar-refractivity contribution in [2.75, 3.05) is 17.6 Å². The largest absolute Gasteiger partial charge is 0.355 e. The van der Waals surface area contributed by atoms with E-state index in [4.69, 9.17) is 0 Å². The predicted molar refractivity (Wildman–Crippen MR) is 118 cm³/mol. The monoisotopic (exact) mass is 445 g/mol. The average Bonchev–Trinajstić information content (AvgIpc) is 2.78. The summed E-state index contributed by atoms with van der Waals surface area (Å²) in [5.74, 6) is -0.829. The van der Waals surface area contributed by atoms with Crippen LogP contribution in [0.5, 0.6) is 0 Å². The smallest absolute Gasteiger partial charge is 0.306 e. The van der Waals surface area contributed by atoms with Gasteiger partial charge < -0.3 is 10.6 Å². The average molecular weight is 446 g/mol.